The Morgan fingerprint density at radius 1 is 2.33 bits per heavy atom. The molecular formula is C2H8NO2P. The molecule has 0 saturated heterocycles. The fourth-order valence-electron chi connectivity index (χ4n) is 0. The van der Waals surface area contributed by atoms with E-state index in [1.165, 1.54) is 0 Å². The van der Waals surface area contributed by atoms with Crippen LogP contribution in [0.1, 0.15) is 2.74 Å². The first kappa shape index (κ1) is 3.19. The number of hydrogen-bond acceptors (Lipinski definition) is 2. The molecule has 0 radical (unpaired) electrons. The lowest BCUT2D eigenvalue weighted by atomic mass is 11.5. The highest BCUT2D eigenvalue weighted by Crippen LogP contribution is 2.31. The van der Waals surface area contributed by atoms with Gasteiger partial charge in [0.15, 0.2) is 0 Å². The predicted molar refractivity (Wildman–Crippen MR) is 24.8 cm³/mol. The summed E-state index contributed by atoms with van der Waals surface area (Å²) in [4.78, 5) is 8.41. The first-order valence-corrected chi connectivity index (χ1v) is 3.45. The van der Waals surface area contributed by atoms with E-state index in [0.717, 1.165) is 6.66 Å². The summed E-state index contributed by atoms with van der Waals surface area (Å²) in [6.07, 6.45) is -2.45. The lowest BCUT2D eigenvalue weighted by molar-refractivity contribution is 0.485. The van der Waals surface area contributed by atoms with Gasteiger partial charge < -0.3 is 10.6 Å². The summed E-state index contributed by atoms with van der Waals surface area (Å²) < 4.78 is 23.3. The molecule has 0 bridgehead atoms. The van der Waals surface area contributed by atoms with Crippen molar-refractivity contribution in [2.45, 2.75) is 0 Å². The maximum atomic E-state index is 10.3. The van der Waals surface area contributed by atoms with Gasteiger partial charge in [0.1, 0.15) is 0 Å². The lowest BCUT2D eigenvalue weighted by Crippen LogP contribution is -1.97. The van der Waals surface area contributed by atoms with E-state index in [-0.39, 0.29) is 0 Å². The average molecular weight is 111 g/mol. The van der Waals surface area contributed by atoms with Gasteiger partial charge in [-0.1, -0.05) is 0 Å². The zero-order valence-electron chi connectivity index (χ0n) is 5.38. The average Bonchev–Trinajstić information content (AvgIpc) is 1.25. The summed E-state index contributed by atoms with van der Waals surface area (Å²) >= 11 is 0. The molecule has 3 nitrogen and oxygen atoms in total. The third-order valence-corrected chi connectivity index (χ3v) is 0.719. The van der Waals surface area contributed by atoms with Crippen molar-refractivity contribution >= 4 is 7.37 Å². The Balaban J connectivity index is 4.26. The van der Waals surface area contributed by atoms with Crippen LogP contribution in [-0.2, 0) is 4.57 Å². The Kier molecular flexibility index (Phi) is 0.923. The zero-order chi connectivity index (χ0) is 7.00. The highest BCUT2D eigenvalue weighted by Gasteiger charge is 2.01. The van der Waals surface area contributed by atoms with Crippen LogP contribution in [0.2, 0.25) is 0 Å². The molecule has 1 unspecified atom stereocenters. The molecule has 38 valence electrons. The van der Waals surface area contributed by atoms with Crippen molar-refractivity contribution in [3.8, 4) is 0 Å². The highest BCUT2D eigenvalue weighted by molar-refractivity contribution is 7.57. The van der Waals surface area contributed by atoms with Gasteiger partial charge in [-0.15, -0.1) is 0 Å². The maximum Gasteiger partial charge on any atom is 0.210 e. The highest BCUT2D eigenvalue weighted by atomic mass is 31.2. The molecule has 3 N–H and O–H groups in total. The van der Waals surface area contributed by atoms with E-state index in [9.17, 15) is 4.57 Å². The van der Waals surface area contributed by atoms with E-state index in [1.807, 2.05) is 0 Å². The van der Waals surface area contributed by atoms with Crippen molar-refractivity contribution in [2.75, 3.05) is 12.9 Å². The fourth-order valence-corrected chi connectivity index (χ4v) is 0. The van der Waals surface area contributed by atoms with Gasteiger partial charge in [0.25, 0.3) is 0 Å². The second kappa shape index (κ2) is 1.73. The van der Waals surface area contributed by atoms with Gasteiger partial charge in [-0.05, 0) is 0 Å². The van der Waals surface area contributed by atoms with Gasteiger partial charge in [-0.3, -0.25) is 4.57 Å². The fraction of sp³-hybridized carbons (Fsp3) is 1.00. The molecule has 0 rings (SSSR count). The lowest BCUT2D eigenvalue weighted by Gasteiger charge is -1.94. The molecular weight excluding hydrogens is 101 g/mol. The molecule has 0 saturated carbocycles. The predicted octanol–water partition coefficient (Wildman–Crippen LogP) is -0.197. The first-order chi connectivity index (χ1) is 3.25. The first-order valence-electron chi connectivity index (χ1n) is 2.34. The Morgan fingerprint density at radius 3 is 2.50 bits per heavy atom. The van der Waals surface area contributed by atoms with Crippen LogP contribution in [0.25, 0.3) is 0 Å². The summed E-state index contributed by atoms with van der Waals surface area (Å²) in [5, 5.41) is 0. The van der Waals surface area contributed by atoms with Crippen LogP contribution < -0.4 is 5.73 Å². The second-order valence-corrected chi connectivity index (χ2v) is 3.02. The van der Waals surface area contributed by atoms with Crippen LogP contribution in [0.15, 0.2) is 0 Å². The van der Waals surface area contributed by atoms with Crippen LogP contribution in [0.3, 0.4) is 0 Å². The summed E-state index contributed by atoms with van der Waals surface area (Å²) in [6, 6.07) is 0. The Bertz CT molecular complexity index is 124. The Labute approximate surface area is 39.4 Å². The van der Waals surface area contributed by atoms with E-state index < -0.39 is 13.6 Å². The molecule has 6 heavy (non-hydrogen) atoms. The summed E-state index contributed by atoms with van der Waals surface area (Å²) in [5.41, 5.74) is 4.63. The molecule has 1 atom stereocenters. The van der Waals surface area contributed by atoms with Gasteiger partial charge >= 0.3 is 0 Å². The second-order valence-electron chi connectivity index (χ2n) is 1.01. The van der Waals surface area contributed by atoms with E-state index >= 15 is 0 Å². The quantitative estimate of drug-likeness (QED) is 0.460. The molecule has 0 fully saturated rings. The zero-order valence-corrected chi connectivity index (χ0v) is 4.27. The van der Waals surface area contributed by atoms with Crippen LogP contribution in [-0.4, -0.2) is 17.8 Å². The van der Waals surface area contributed by atoms with E-state index in [2.05, 4.69) is 5.73 Å². The molecule has 0 heterocycles. The van der Waals surface area contributed by atoms with Crippen molar-refractivity contribution < 1.29 is 12.2 Å². The molecule has 0 aliphatic carbocycles. The molecule has 0 amide bonds. The Morgan fingerprint density at radius 2 is 2.50 bits per heavy atom. The van der Waals surface area contributed by atoms with Crippen LogP contribution >= 0.6 is 7.37 Å². The van der Waals surface area contributed by atoms with Crippen molar-refractivity contribution in [3.63, 3.8) is 0 Å². The topological polar surface area (TPSA) is 63.3 Å². The van der Waals surface area contributed by atoms with Gasteiger partial charge in [0.2, 0.25) is 7.37 Å². The molecule has 0 aromatic carbocycles. The summed E-state index contributed by atoms with van der Waals surface area (Å²) in [5.74, 6) is 0. The van der Waals surface area contributed by atoms with Crippen LogP contribution in [0.4, 0.5) is 0 Å². The number of nitrogens with two attached hydrogens (primary N) is 1. The molecule has 0 aliphatic rings. The minimum atomic E-state index is -3.74. The van der Waals surface area contributed by atoms with Crippen molar-refractivity contribution in [3.05, 3.63) is 0 Å². The van der Waals surface area contributed by atoms with E-state index in [1.54, 1.807) is 0 Å². The van der Waals surface area contributed by atoms with Gasteiger partial charge in [-0.25, -0.2) is 0 Å². The third-order valence-electron chi connectivity index (χ3n) is 0.240. The van der Waals surface area contributed by atoms with Gasteiger partial charge in [-0.2, -0.15) is 0 Å². The van der Waals surface area contributed by atoms with Crippen molar-refractivity contribution in [2.24, 2.45) is 5.73 Å². The normalized spacial score (nSPS) is 27.2. The third kappa shape index (κ3) is 4.15. The largest absolute Gasteiger partial charge is 0.344 e. The minimum absolute atomic E-state index is 0.882. The smallest absolute Gasteiger partial charge is 0.210 e. The van der Waals surface area contributed by atoms with Crippen LogP contribution in [0, 0.1) is 0 Å². The van der Waals surface area contributed by atoms with E-state index in [0.29, 0.717) is 0 Å². The number of rotatable bonds is 1. The van der Waals surface area contributed by atoms with Gasteiger partial charge in [0.05, 0.1) is 8.98 Å². The molecule has 4 heteroatoms. The monoisotopic (exact) mass is 111 g/mol. The van der Waals surface area contributed by atoms with Gasteiger partial charge in [0, 0.05) is 6.66 Å². The van der Waals surface area contributed by atoms with Crippen molar-refractivity contribution in [1.82, 2.24) is 0 Å². The summed E-state index contributed by atoms with van der Waals surface area (Å²) in [6.45, 7) is 0.882. The molecule has 0 aromatic heterocycles. The summed E-state index contributed by atoms with van der Waals surface area (Å²) in [7, 11) is -3.74. The Hall–Kier alpha value is 0.150. The SMILES string of the molecule is [2H]C([2H])(N)P(C)(=O)O. The standard InChI is InChI=1S/C2H8NO2P/c1-6(4,5)2-3/h2-3H2,1H3,(H,4,5)/i2D2. The molecule has 0 aromatic rings. The van der Waals surface area contributed by atoms with Crippen molar-refractivity contribution in [1.29, 1.82) is 0 Å². The van der Waals surface area contributed by atoms with Crippen LogP contribution in [0.5, 0.6) is 0 Å². The number of hydrogen-bond donors (Lipinski definition) is 2. The maximum absolute atomic E-state index is 10.3. The molecule has 0 aliphatic heterocycles. The minimum Gasteiger partial charge on any atom is -0.344 e. The van der Waals surface area contributed by atoms with E-state index in [4.69, 9.17) is 7.63 Å². The molecule has 0 spiro atoms.